The summed E-state index contributed by atoms with van der Waals surface area (Å²) in [5, 5.41) is 16.2. The summed E-state index contributed by atoms with van der Waals surface area (Å²) in [7, 11) is 0. The van der Waals surface area contributed by atoms with E-state index in [9.17, 15) is 0 Å². The number of halogens is 2. The number of tetrazole rings is 1. The van der Waals surface area contributed by atoms with Crippen molar-refractivity contribution in [2.75, 3.05) is 5.32 Å². The molecule has 112 valence electrons. The van der Waals surface area contributed by atoms with Crippen molar-refractivity contribution in [1.29, 1.82) is 0 Å². The molecule has 0 bridgehead atoms. The predicted octanol–water partition coefficient (Wildman–Crippen LogP) is 4.14. The fourth-order valence-electron chi connectivity index (χ4n) is 2.14. The highest BCUT2D eigenvalue weighted by molar-refractivity contribution is 6.35. The number of anilines is 1. The zero-order valence-electron chi connectivity index (χ0n) is 11.7. The third-order valence-corrected chi connectivity index (χ3v) is 3.81. The van der Waals surface area contributed by atoms with Crippen molar-refractivity contribution in [1.82, 2.24) is 20.2 Å². The monoisotopic (exact) mass is 333 g/mol. The van der Waals surface area contributed by atoms with Crippen LogP contribution in [0.25, 0.3) is 5.69 Å². The minimum atomic E-state index is -0.0711. The van der Waals surface area contributed by atoms with Gasteiger partial charge in [0.2, 0.25) is 5.95 Å². The number of rotatable bonds is 4. The van der Waals surface area contributed by atoms with Crippen molar-refractivity contribution in [2.45, 2.75) is 13.0 Å². The van der Waals surface area contributed by atoms with Gasteiger partial charge in [-0.15, -0.1) is 0 Å². The molecule has 0 aliphatic carbocycles. The third-order valence-electron chi connectivity index (χ3n) is 3.24. The fraction of sp³-hybridized carbons (Fsp3) is 0.133. The molecule has 0 amide bonds. The molecule has 0 spiro atoms. The topological polar surface area (TPSA) is 55.6 Å². The molecule has 1 heterocycles. The maximum absolute atomic E-state index is 6.24. The summed E-state index contributed by atoms with van der Waals surface area (Å²) >= 11 is 12.2. The second-order valence-electron chi connectivity index (χ2n) is 4.78. The van der Waals surface area contributed by atoms with Crippen molar-refractivity contribution in [2.24, 2.45) is 0 Å². The lowest BCUT2D eigenvalue weighted by atomic mass is 10.1. The lowest BCUT2D eigenvalue weighted by Gasteiger charge is -2.16. The zero-order chi connectivity index (χ0) is 15.5. The minimum Gasteiger partial charge on any atom is -0.346 e. The van der Waals surface area contributed by atoms with Gasteiger partial charge < -0.3 is 5.32 Å². The fourth-order valence-corrected chi connectivity index (χ4v) is 2.72. The molecule has 7 heteroatoms. The molecule has 0 aliphatic rings. The van der Waals surface area contributed by atoms with Crippen LogP contribution >= 0.6 is 23.2 Å². The lowest BCUT2D eigenvalue weighted by molar-refractivity contribution is 0.780. The summed E-state index contributed by atoms with van der Waals surface area (Å²) < 4.78 is 1.64. The van der Waals surface area contributed by atoms with Gasteiger partial charge in [0.1, 0.15) is 0 Å². The Balaban J connectivity index is 1.86. The Kier molecular flexibility index (Phi) is 4.27. The SMILES string of the molecule is C[C@@H](Nc1nnnn1-c1ccccc1)c1ccc(Cl)cc1Cl. The van der Waals surface area contributed by atoms with E-state index in [1.165, 1.54) is 0 Å². The van der Waals surface area contributed by atoms with Crippen LogP contribution in [0.3, 0.4) is 0 Å². The van der Waals surface area contributed by atoms with Crippen LogP contribution in [0, 0.1) is 0 Å². The summed E-state index contributed by atoms with van der Waals surface area (Å²) in [4.78, 5) is 0. The first kappa shape index (κ1) is 14.8. The van der Waals surface area contributed by atoms with Crippen molar-refractivity contribution in [3.05, 3.63) is 64.1 Å². The first-order chi connectivity index (χ1) is 10.6. The Bertz CT molecular complexity index is 773. The van der Waals surface area contributed by atoms with Crippen molar-refractivity contribution < 1.29 is 0 Å². The van der Waals surface area contributed by atoms with Crippen LogP contribution in [0.15, 0.2) is 48.5 Å². The van der Waals surface area contributed by atoms with Gasteiger partial charge in [-0.25, -0.2) is 0 Å². The number of hydrogen-bond acceptors (Lipinski definition) is 4. The van der Waals surface area contributed by atoms with E-state index >= 15 is 0 Å². The Labute approximate surface area is 137 Å². The Hall–Kier alpha value is -2.11. The summed E-state index contributed by atoms with van der Waals surface area (Å²) in [5.74, 6) is 0.546. The smallest absolute Gasteiger partial charge is 0.248 e. The summed E-state index contributed by atoms with van der Waals surface area (Å²) in [6.45, 7) is 1.99. The van der Waals surface area contributed by atoms with E-state index in [1.807, 2.05) is 43.3 Å². The largest absolute Gasteiger partial charge is 0.346 e. The molecular formula is C15H13Cl2N5. The third kappa shape index (κ3) is 3.05. The van der Waals surface area contributed by atoms with Crippen molar-refractivity contribution >= 4 is 29.2 Å². The highest BCUT2D eigenvalue weighted by Gasteiger charge is 2.14. The van der Waals surface area contributed by atoms with Gasteiger partial charge in [0.05, 0.1) is 11.7 Å². The molecule has 1 N–H and O–H groups in total. The van der Waals surface area contributed by atoms with Gasteiger partial charge >= 0.3 is 0 Å². The molecule has 0 saturated carbocycles. The summed E-state index contributed by atoms with van der Waals surface area (Å²) in [6, 6.07) is 15.0. The second-order valence-corrected chi connectivity index (χ2v) is 5.63. The van der Waals surface area contributed by atoms with E-state index in [0.717, 1.165) is 11.3 Å². The van der Waals surface area contributed by atoms with Gasteiger partial charge in [0.25, 0.3) is 0 Å². The van der Waals surface area contributed by atoms with Crippen LogP contribution in [-0.4, -0.2) is 20.2 Å². The Morgan fingerprint density at radius 2 is 1.86 bits per heavy atom. The maximum Gasteiger partial charge on any atom is 0.248 e. The molecule has 2 aromatic carbocycles. The number of nitrogens with zero attached hydrogens (tertiary/aromatic N) is 4. The predicted molar refractivity (Wildman–Crippen MR) is 87.7 cm³/mol. The maximum atomic E-state index is 6.24. The van der Waals surface area contributed by atoms with Gasteiger partial charge in [-0.1, -0.05) is 52.6 Å². The van der Waals surface area contributed by atoms with Gasteiger partial charge in [-0.05, 0) is 47.2 Å². The molecule has 5 nitrogen and oxygen atoms in total. The number of aromatic nitrogens is 4. The first-order valence-electron chi connectivity index (χ1n) is 6.70. The molecule has 1 aromatic heterocycles. The number of benzene rings is 2. The average molecular weight is 334 g/mol. The minimum absolute atomic E-state index is 0.0711. The normalized spacial score (nSPS) is 12.1. The Morgan fingerprint density at radius 3 is 2.59 bits per heavy atom. The second kappa shape index (κ2) is 6.34. The Morgan fingerprint density at radius 1 is 1.09 bits per heavy atom. The molecule has 1 atom stereocenters. The van der Waals surface area contributed by atoms with Gasteiger partial charge in [-0.2, -0.15) is 4.68 Å². The van der Waals surface area contributed by atoms with Crippen LogP contribution in [0.4, 0.5) is 5.95 Å². The van der Waals surface area contributed by atoms with Gasteiger partial charge in [0, 0.05) is 10.0 Å². The molecule has 0 unspecified atom stereocenters. The summed E-state index contributed by atoms with van der Waals surface area (Å²) in [5.41, 5.74) is 1.80. The number of nitrogens with one attached hydrogen (secondary N) is 1. The molecular weight excluding hydrogens is 321 g/mol. The number of para-hydroxylation sites is 1. The molecule has 3 rings (SSSR count). The average Bonchev–Trinajstić information content (AvgIpc) is 2.96. The van der Waals surface area contributed by atoms with Gasteiger partial charge in [0.15, 0.2) is 0 Å². The van der Waals surface area contributed by atoms with E-state index in [-0.39, 0.29) is 6.04 Å². The highest BCUT2D eigenvalue weighted by Crippen LogP contribution is 2.28. The first-order valence-corrected chi connectivity index (χ1v) is 7.46. The van der Waals surface area contributed by atoms with Crippen LogP contribution < -0.4 is 5.32 Å². The number of hydrogen-bond donors (Lipinski definition) is 1. The van der Waals surface area contributed by atoms with E-state index in [4.69, 9.17) is 23.2 Å². The summed E-state index contributed by atoms with van der Waals surface area (Å²) in [6.07, 6.45) is 0. The zero-order valence-corrected chi connectivity index (χ0v) is 13.3. The molecule has 0 radical (unpaired) electrons. The molecule has 0 aliphatic heterocycles. The van der Waals surface area contributed by atoms with Crippen molar-refractivity contribution in [3.63, 3.8) is 0 Å². The van der Waals surface area contributed by atoms with Crippen LogP contribution in [0.5, 0.6) is 0 Å². The lowest BCUT2D eigenvalue weighted by Crippen LogP contribution is -2.12. The van der Waals surface area contributed by atoms with E-state index in [1.54, 1.807) is 16.8 Å². The van der Waals surface area contributed by atoms with Crippen LogP contribution in [-0.2, 0) is 0 Å². The molecule has 0 fully saturated rings. The quantitative estimate of drug-likeness (QED) is 0.779. The highest BCUT2D eigenvalue weighted by atomic mass is 35.5. The van der Waals surface area contributed by atoms with Crippen LogP contribution in [0.2, 0.25) is 10.0 Å². The van der Waals surface area contributed by atoms with Crippen LogP contribution in [0.1, 0.15) is 18.5 Å². The molecule has 3 aromatic rings. The van der Waals surface area contributed by atoms with E-state index in [0.29, 0.717) is 16.0 Å². The van der Waals surface area contributed by atoms with Crippen molar-refractivity contribution in [3.8, 4) is 5.69 Å². The molecule has 0 saturated heterocycles. The standard InChI is InChI=1S/C15H13Cl2N5/c1-10(13-8-7-11(16)9-14(13)17)18-15-19-20-21-22(15)12-5-3-2-4-6-12/h2-10H,1H3,(H,18,19,21)/t10-/m1/s1. The van der Waals surface area contributed by atoms with Gasteiger partial charge in [-0.3, -0.25) is 0 Å². The van der Waals surface area contributed by atoms with E-state index in [2.05, 4.69) is 20.8 Å². The van der Waals surface area contributed by atoms with E-state index < -0.39 is 0 Å². The molecule has 22 heavy (non-hydrogen) atoms.